The smallest absolute Gasteiger partial charge is 0.220 e. The Bertz CT molecular complexity index is 643. The minimum atomic E-state index is 0.148. The molecule has 0 spiro atoms. The Labute approximate surface area is 131 Å². The van der Waals surface area contributed by atoms with E-state index in [1.54, 1.807) is 6.20 Å². The molecule has 1 aliphatic carbocycles. The summed E-state index contributed by atoms with van der Waals surface area (Å²) in [6.07, 6.45) is 8.74. The molecule has 1 saturated carbocycles. The number of imidazole rings is 1. The van der Waals surface area contributed by atoms with Crippen molar-refractivity contribution in [1.82, 2.24) is 19.9 Å². The Morgan fingerprint density at radius 1 is 1.41 bits per heavy atom. The van der Waals surface area contributed by atoms with E-state index < -0.39 is 0 Å². The first kappa shape index (κ1) is 15.0. The quantitative estimate of drug-likeness (QED) is 0.892. The lowest BCUT2D eigenvalue weighted by Gasteiger charge is -2.12. The topological polar surface area (TPSA) is 59.8 Å². The zero-order valence-electron chi connectivity index (χ0n) is 13.2. The number of aryl methyl sites for hydroxylation is 2. The van der Waals surface area contributed by atoms with Crippen LogP contribution in [0.1, 0.15) is 51.3 Å². The van der Waals surface area contributed by atoms with Crippen LogP contribution in [0.5, 0.6) is 0 Å². The summed E-state index contributed by atoms with van der Waals surface area (Å²) in [7, 11) is 0. The SMILES string of the molecule is CCCn1c(CCC(=O)NC2CCCC2)nc2cccnc21. The second-order valence-corrected chi connectivity index (χ2v) is 6.07. The van der Waals surface area contributed by atoms with E-state index in [0.717, 1.165) is 42.8 Å². The lowest BCUT2D eigenvalue weighted by Crippen LogP contribution is -2.32. The minimum absolute atomic E-state index is 0.148. The molecule has 0 saturated heterocycles. The number of fused-ring (bicyclic) bond motifs is 1. The van der Waals surface area contributed by atoms with Crippen LogP contribution < -0.4 is 5.32 Å². The first-order valence-electron chi connectivity index (χ1n) is 8.37. The van der Waals surface area contributed by atoms with Gasteiger partial charge in [0, 0.05) is 31.6 Å². The Kier molecular flexibility index (Phi) is 4.71. The van der Waals surface area contributed by atoms with Crippen molar-refractivity contribution in [2.45, 2.75) is 64.5 Å². The van der Waals surface area contributed by atoms with Crippen LogP contribution in [0, 0.1) is 0 Å². The molecule has 118 valence electrons. The Hall–Kier alpha value is -1.91. The molecule has 0 aromatic carbocycles. The lowest BCUT2D eigenvalue weighted by molar-refractivity contribution is -0.121. The second kappa shape index (κ2) is 6.90. The van der Waals surface area contributed by atoms with Crippen LogP contribution in [-0.2, 0) is 17.8 Å². The molecular formula is C17H24N4O. The van der Waals surface area contributed by atoms with Crippen LogP contribution in [-0.4, -0.2) is 26.5 Å². The second-order valence-electron chi connectivity index (χ2n) is 6.07. The van der Waals surface area contributed by atoms with Crippen molar-refractivity contribution in [3.8, 4) is 0 Å². The lowest BCUT2D eigenvalue weighted by atomic mass is 10.2. The summed E-state index contributed by atoms with van der Waals surface area (Å²) in [5, 5.41) is 3.14. The average molecular weight is 300 g/mol. The Morgan fingerprint density at radius 2 is 2.23 bits per heavy atom. The van der Waals surface area contributed by atoms with Gasteiger partial charge < -0.3 is 9.88 Å². The number of amides is 1. The van der Waals surface area contributed by atoms with E-state index >= 15 is 0 Å². The van der Waals surface area contributed by atoms with Crippen molar-refractivity contribution in [2.24, 2.45) is 0 Å². The summed E-state index contributed by atoms with van der Waals surface area (Å²) in [5.41, 5.74) is 1.85. The van der Waals surface area contributed by atoms with Crippen molar-refractivity contribution in [3.63, 3.8) is 0 Å². The third-order valence-corrected chi connectivity index (χ3v) is 4.33. The van der Waals surface area contributed by atoms with Crippen molar-refractivity contribution in [3.05, 3.63) is 24.2 Å². The third-order valence-electron chi connectivity index (χ3n) is 4.33. The van der Waals surface area contributed by atoms with Crippen molar-refractivity contribution in [1.29, 1.82) is 0 Å². The predicted octanol–water partition coefficient (Wildman–Crippen LogP) is 2.83. The molecule has 0 unspecified atom stereocenters. The average Bonchev–Trinajstić information content (AvgIpc) is 3.14. The highest BCUT2D eigenvalue weighted by atomic mass is 16.1. The summed E-state index contributed by atoms with van der Waals surface area (Å²) < 4.78 is 2.15. The van der Waals surface area contributed by atoms with Crippen molar-refractivity contribution >= 4 is 17.1 Å². The first-order chi connectivity index (χ1) is 10.8. The van der Waals surface area contributed by atoms with Crippen LogP contribution in [0.2, 0.25) is 0 Å². The summed E-state index contributed by atoms with van der Waals surface area (Å²) >= 11 is 0. The van der Waals surface area contributed by atoms with E-state index in [2.05, 4.69) is 26.8 Å². The molecule has 0 aliphatic heterocycles. The largest absolute Gasteiger partial charge is 0.353 e. The number of rotatable bonds is 6. The van der Waals surface area contributed by atoms with Gasteiger partial charge >= 0.3 is 0 Å². The van der Waals surface area contributed by atoms with Gasteiger partial charge in [-0.1, -0.05) is 19.8 Å². The highest BCUT2D eigenvalue weighted by molar-refractivity contribution is 5.77. The van der Waals surface area contributed by atoms with Gasteiger partial charge in [0.05, 0.1) is 0 Å². The van der Waals surface area contributed by atoms with E-state index in [4.69, 9.17) is 0 Å². The number of hydrogen-bond acceptors (Lipinski definition) is 3. The zero-order chi connectivity index (χ0) is 15.4. The number of hydrogen-bond donors (Lipinski definition) is 1. The highest BCUT2D eigenvalue weighted by Crippen LogP contribution is 2.18. The molecule has 0 radical (unpaired) electrons. The molecule has 3 rings (SSSR count). The van der Waals surface area contributed by atoms with E-state index in [0.29, 0.717) is 18.9 Å². The molecule has 2 heterocycles. The molecule has 5 heteroatoms. The fraction of sp³-hybridized carbons (Fsp3) is 0.588. The van der Waals surface area contributed by atoms with Crippen molar-refractivity contribution in [2.75, 3.05) is 0 Å². The van der Waals surface area contributed by atoms with E-state index in [1.165, 1.54) is 12.8 Å². The number of carbonyl (C=O) groups excluding carboxylic acids is 1. The fourth-order valence-electron chi connectivity index (χ4n) is 3.25. The molecule has 0 bridgehead atoms. The summed E-state index contributed by atoms with van der Waals surface area (Å²) in [6.45, 7) is 3.04. The highest BCUT2D eigenvalue weighted by Gasteiger charge is 2.18. The molecule has 1 aliphatic rings. The van der Waals surface area contributed by atoms with Gasteiger partial charge in [-0.25, -0.2) is 9.97 Å². The van der Waals surface area contributed by atoms with Gasteiger partial charge in [0.1, 0.15) is 11.3 Å². The molecule has 1 amide bonds. The molecule has 22 heavy (non-hydrogen) atoms. The molecule has 0 atom stereocenters. The molecule has 2 aromatic heterocycles. The van der Waals surface area contributed by atoms with Gasteiger partial charge in [-0.15, -0.1) is 0 Å². The van der Waals surface area contributed by atoms with Crippen LogP contribution >= 0.6 is 0 Å². The number of pyridine rings is 1. The molecule has 2 aromatic rings. The van der Waals surface area contributed by atoms with Gasteiger partial charge in [-0.3, -0.25) is 4.79 Å². The third kappa shape index (κ3) is 3.29. The number of nitrogens with one attached hydrogen (secondary N) is 1. The number of carbonyl (C=O) groups is 1. The van der Waals surface area contributed by atoms with E-state index in [-0.39, 0.29) is 5.91 Å². The maximum Gasteiger partial charge on any atom is 0.220 e. The minimum Gasteiger partial charge on any atom is -0.353 e. The predicted molar refractivity (Wildman–Crippen MR) is 86.5 cm³/mol. The molecule has 1 N–H and O–H groups in total. The Morgan fingerprint density at radius 3 is 3.00 bits per heavy atom. The van der Waals surface area contributed by atoms with E-state index in [9.17, 15) is 4.79 Å². The van der Waals surface area contributed by atoms with Crippen molar-refractivity contribution < 1.29 is 4.79 Å². The first-order valence-corrected chi connectivity index (χ1v) is 8.37. The summed E-state index contributed by atoms with van der Waals surface area (Å²) in [6, 6.07) is 4.28. The fourth-order valence-corrected chi connectivity index (χ4v) is 3.25. The molecular weight excluding hydrogens is 276 g/mol. The van der Waals surface area contributed by atoms with Gasteiger partial charge in [0.25, 0.3) is 0 Å². The zero-order valence-corrected chi connectivity index (χ0v) is 13.2. The standard InChI is InChI=1S/C17H24N4O/c1-2-12-21-15(20-14-8-5-11-18-17(14)21)9-10-16(22)19-13-6-3-4-7-13/h5,8,11,13H,2-4,6-7,9-10,12H2,1H3,(H,19,22). The summed E-state index contributed by atoms with van der Waals surface area (Å²) in [4.78, 5) is 21.2. The Balaban J connectivity index is 1.67. The monoisotopic (exact) mass is 300 g/mol. The maximum absolute atomic E-state index is 12.1. The van der Waals surface area contributed by atoms with E-state index in [1.807, 2.05) is 12.1 Å². The normalized spacial score (nSPS) is 15.5. The number of aromatic nitrogens is 3. The number of nitrogens with zero attached hydrogens (tertiary/aromatic N) is 3. The molecule has 1 fully saturated rings. The van der Waals surface area contributed by atoms with Gasteiger partial charge in [0.15, 0.2) is 5.65 Å². The molecule has 5 nitrogen and oxygen atoms in total. The van der Waals surface area contributed by atoms with Crippen LogP contribution in [0.15, 0.2) is 18.3 Å². The van der Waals surface area contributed by atoms with Crippen LogP contribution in [0.4, 0.5) is 0 Å². The van der Waals surface area contributed by atoms with Crippen LogP contribution in [0.3, 0.4) is 0 Å². The van der Waals surface area contributed by atoms with Gasteiger partial charge in [0.2, 0.25) is 5.91 Å². The van der Waals surface area contributed by atoms with Gasteiger partial charge in [-0.2, -0.15) is 0 Å². The maximum atomic E-state index is 12.1. The summed E-state index contributed by atoms with van der Waals surface area (Å²) in [5.74, 6) is 1.12. The van der Waals surface area contributed by atoms with Crippen LogP contribution in [0.25, 0.3) is 11.2 Å². The van der Waals surface area contributed by atoms with Gasteiger partial charge in [-0.05, 0) is 31.4 Å².